The van der Waals surface area contributed by atoms with Crippen molar-refractivity contribution in [2.45, 2.75) is 25.8 Å². The van der Waals surface area contributed by atoms with Crippen LogP contribution >= 0.6 is 11.8 Å². The number of aryl methyl sites for hydroxylation is 1. The van der Waals surface area contributed by atoms with Gasteiger partial charge in [-0.25, -0.2) is 0 Å². The van der Waals surface area contributed by atoms with Crippen LogP contribution in [0.3, 0.4) is 0 Å². The second-order valence-electron chi connectivity index (χ2n) is 4.73. The lowest BCUT2D eigenvalue weighted by Gasteiger charge is -2.09. The Morgan fingerprint density at radius 3 is 2.86 bits per heavy atom. The number of amides is 1. The lowest BCUT2D eigenvalue weighted by molar-refractivity contribution is -0.141. The highest BCUT2D eigenvalue weighted by molar-refractivity contribution is 7.99. The molecular formula is C15H22N2O3S. The first-order valence-electron chi connectivity index (χ1n) is 6.80. The Morgan fingerprint density at radius 2 is 2.19 bits per heavy atom. The normalized spacial score (nSPS) is 11.8. The summed E-state index contributed by atoms with van der Waals surface area (Å²) in [7, 11) is 1.32. The first kappa shape index (κ1) is 17.5. The molecule has 5 nitrogen and oxygen atoms in total. The largest absolute Gasteiger partial charge is 0.468 e. The number of thioether (sulfide) groups is 1. The summed E-state index contributed by atoms with van der Waals surface area (Å²) in [5.41, 5.74) is 7.54. The number of esters is 1. The van der Waals surface area contributed by atoms with Crippen molar-refractivity contribution in [1.29, 1.82) is 0 Å². The minimum atomic E-state index is -0.596. The van der Waals surface area contributed by atoms with Gasteiger partial charge in [0.2, 0.25) is 5.91 Å². The number of anilines is 1. The topological polar surface area (TPSA) is 81.4 Å². The zero-order valence-electron chi connectivity index (χ0n) is 12.4. The van der Waals surface area contributed by atoms with Gasteiger partial charge in [0, 0.05) is 17.9 Å². The molecule has 1 unspecified atom stereocenters. The minimum Gasteiger partial charge on any atom is -0.468 e. The van der Waals surface area contributed by atoms with Gasteiger partial charge in [0.05, 0.1) is 7.11 Å². The third kappa shape index (κ3) is 7.15. The van der Waals surface area contributed by atoms with Crippen LogP contribution in [0.4, 0.5) is 5.69 Å². The third-order valence-electron chi connectivity index (χ3n) is 2.80. The van der Waals surface area contributed by atoms with Gasteiger partial charge in [-0.15, -0.1) is 0 Å². The van der Waals surface area contributed by atoms with Gasteiger partial charge in [-0.1, -0.05) is 12.1 Å². The molecule has 0 saturated heterocycles. The Balaban J connectivity index is 2.15. The molecule has 0 aliphatic carbocycles. The van der Waals surface area contributed by atoms with E-state index in [2.05, 4.69) is 10.1 Å². The number of hydrogen-bond acceptors (Lipinski definition) is 5. The standard InChI is InChI=1S/C15H22N2O3S/c1-11-5-3-6-12(9-11)17-14(18)7-4-8-21-10-13(16)15(19)20-2/h3,5-6,9,13H,4,7-8,10,16H2,1-2H3,(H,17,18). The molecule has 0 aliphatic rings. The summed E-state index contributed by atoms with van der Waals surface area (Å²) in [6, 6.07) is 7.10. The highest BCUT2D eigenvalue weighted by Gasteiger charge is 2.13. The number of methoxy groups -OCH3 is 1. The highest BCUT2D eigenvalue weighted by atomic mass is 32.2. The third-order valence-corrected chi connectivity index (χ3v) is 3.97. The van der Waals surface area contributed by atoms with E-state index in [0.717, 1.165) is 23.4 Å². The van der Waals surface area contributed by atoms with E-state index in [1.807, 2.05) is 31.2 Å². The zero-order valence-corrected chi connectivity index (χ0v) is 13.2. The van der Waals surface area contributed by atoms with Gasteiger partial charge in [0.25, 0.3) is 0 Å². The zero-order chi connectivity index (χ0) is 15.7. The van der Waals surface area contributed by atoms with E-state index < -0.39 is 12.0 Å². The van der Waals surface area contributed by atoms with Crippen molar-refractivity contribution in [2.75, 3.05) is 23.9 Å². The van der Waals surface area contributed by atoms with E-state index in [4.69, 9.17) is 5.73 Å². The lowest BCUT2D eigenvalue weighted by Crippen LogP contribution is -2.33. The molecule has 1 aromatic rings. The van der Waals surface area contributed by atoms with E-state index in [-0.39, 0.29) is 5.91 Å². The number of rotatable bonds is 8. The summed E-state index contributed by atoms with van der Waals surface area (Å²) in [4.78, 5) is 22.8. The van der Waals surface area contributed by atoms with Crippen molar-refractivity contribution >= 4 is 29.3 Å². The van der Waals surface area contributed by atoms with Crippen LogP contribution in [0.1, 0.15) is 18.4 Å². The van der Waals surface area contributed by atoms with E-state index in [9.17, 15) is 9.59 Å². The van der Waals surface area contributed by atoms with Gasteiger partial charge < -0.3 is 15.8 Å². The van der Waals surface area contributed by atoms with Gasteiger partial charge in [0.15, 0.2) is 0 Å². The molecule has 0 heterocycles. The Morgan fingerprint density at radius 1 is 1.43 bits per heavy atom. The van der Waals surface area contributed by atoms with Crippen LogP contribution in [0, 0.1) is 6.92 Å². The summed E-state index contributed by atoms with van der Waals surface area (Å²) in [6.45, 7) is 1.98. The van der Waals surface area contributed by atoms with Crippen molar-refractivity contribution in [3.8, 4) is 0 Å². The average molecular weight is 310 g/mol. The number of benzene rings is 1. The molecule has 6 heteroatoms. The maximum Gasteiger partial charge on any atom is 0.323 e. The molecule has 0 saturated carbocycles. The maximum absolute atomic E-state index is 11.8. The number of carbonyl (C=O) groups excluding carboxylic acids is 2. The van der Waals surface area contributed by atoms with Crippen LogP contribution in [0.25, 0.3) is 0 Å². The molecule has 21 heavy (non-hydrogen) atoms. The van der Waals surface area contributed by atoms with Crippen LogP contribution in [0.5, 0.6) is 0 Å². The molecule has 0 radical (unpaired) electrons. The van der Waals surface area contributed by atoms with Crippen LogP contribution in [0.2, 0.25) is 0 Å². The molecule has 1 rings (SSSR count). The Bertz CT molecular complexity index is 480. The van der Waals surface area contributed by atoms with Crippen molar-refractivity contribution in [1.82, 2.24) is 0 Å². The smallest absolute Gasteiger partial charge is 0.323 e. The molecular weight excluding hydrogens is 288 g/mol. The van der Waals surface area contributed by atoms with E-state index in [1.54, 1.807) is 11.8 Å². The molecule has 3 N–H and O–H groups in total. The van der Waals surface area contributed by atoms with Crippen LogP contribution in [-0.2, 0) is 14.3 Å². The first-order chi connectivity index (χ1) is 10.0. The number of hydrogen-bond donors (Lipinski definition) is 2. The Hall–Kier alpha value is -1.53. The minimum absolute atomic E-state index is 0.00142. The van der Waals surface area contributed by atoms with E-state index in [1.165, 1.54) is 7.11 Å². The average Bonchev–Trinajstić information content (AvgIpc) is 2.45. The molecule has 0 bridgehead atoms. The fourth-order valence-corrected chi connectivity index (χ4v) is 2.62. The Labute approximate surface area is 129 Å². The SMILES string of the molecule is COC(=O)C(N)CSCCCC(=O)Nc1cccc(C)c1. The van der Waals surface area contributed by atoms with Crippen LogP contribution in [0.15, 0.2) is 24.3 Å². The molecule has 1 atom stereocenters. The molecule has 0 spiro atoms. The summed E-state index contributed by atoms with van der Waals surface area (Å²) < 4.78 is 4.54. The number of carbonyl (C=O) groups is 2. The predicted octanol–water partition coefficient (Wildman–Crippen LogP) is 1.95. The second-order valence-corrected chi connectivity index (χ2v) is 5.88. The van der Waals surface area contributed by atoms with Crippen molar-refractivity contribution in [3.63, 3.8) is 0 Å². The van der Waals surface area contributed by atoms with Gasteiger partial charge >= 0.3 is 5.97 Å². The molecule has 116 valence electrons. The quantitative estimate of drug-likeness (QED) is 0.566. The fourth-order valence-electron chi connectivity index (χ4n) is 1.71. The van der Waals surface area contributed by atoms with E-state index >= 15 is 0 Å². The number of nitrogens with two attached hydrogens (primary N) is 1. The second kappa shape index (κ2) is 9.41. The molecule has 0 aliphatic heterocycles. The summed E-state index contributed by atoms with van der Waals surface area (Å²) in [6.07, 6.45) is 1.20. The predicted molar refractivity (Wildman–Crippen MR) is 86.4 cm³/mol. The summed E-state index contributed by atoms with van der Waals surface area (Å²) in [5.74, 6) is 0.885. The van der Waals surface area contributed by atoms with Crippen LogP contribution in [-0.4, -0.2) is 36.5 Å². The van der Waals surface area contributed by atoms with Crippen LogP contribution < -0.4 is 11.1 Å². The molecule has 1 amide bonds. The Kier molecular flexibility index (Phi) is 7.85. The first-order valence-corrected chi connectivity index (χ1v) is 7.96. The number of nitrogens with one attached hydrogen (secondary N) is 1. The summed E-state index contributed by atoms with van der Waals surface area (Å²) >= 11 is 1.55. The monoisotopic (exact) mass is 310 g/mol. The summed E-state index contributed by atoms with van der Waals surface area (Å²) in [5, 5.41) is 2.86. The fraction of sp³-hybridized carbons (Fsp3) is 0.467. The van der Waals surface area contributed by atoms with Crippen molar-refractivity contribution < 1.29 is 14.3 Å². The number of ether oxygens (including phenoxy) is 1. The van der Waals surface area contributed by atoms with Gasteiger partial charge in [0.1, 0.15) is 6.04 Å². The van der Waals surface area contributed by atoms with Gasteiger partial charge in [-0.05, 0) is 36.8 Å². The van der Waals surface area contributed by atoms with Gasteiger partial charge in [-0.2, -0.15) is 11.8 Å². The van der Waals surface area contributed by atoms with Gasteiger partial charge in [-0.3, -0.25) is 9.59 Å². The van der Waals surface area contributed by atoms with Crippen molar-refractivity contribution in [3.05, 3.63) is 29.8 Å². The van der Waals surface area contributed by atoms with E-state index in [0.29, 0.717) is 12.2 Å². The van der Waals surface area contributed by atoms with Crippen molar-refractivity contribution in [2.24, 2.45) is 5.73 Å². The lowest BCUT2D eigenvalue weighted by atomic mass is 10.2. The molecule has 0 fully saturated rings. The highest BCUT2D eigenvalue weighted by Crippen LogP contribution is 2.11. The maximum atomic E-state index is 11.8. The molecule has 0 aromatic heterocycles. The molecule has 1 aromatic carbocycles.